The third-order valence-corrected chi connectivity index (χ3v) is 4.63. The SMILES string of the molecule is CN(C)C(=O)CN=C(NCCN1CCOCC1)NCC1(C)CCCO1.I. The van der Waals surface area contributed by atoms with Crippen molar-refractivity contribution in [1.82, 2.24) is 20.4 Å². The van der Waals surface area contributed by atoms with E-state index >= 15 is 0 Å². The van der Waals surface area contributed by atoms with E-state index in [1.54, 1.807) is 19.0 Å². The number of carbonyl (C=O) groups excluding carboxylic acids is 1. The van der Waals surface area contributed by atoms with Crippen LogP contribution in [0.15, 0.2) is 4.99 Å². The van der Waals surface area contributed by atoms with Crippen molar-refractivity contribution in [1.29, 1.82) is 0 Å². The summed E-state index contributed by atoms with van der Waals surface area (Å²) < 4.78 is 11.2. The van der Waals surface area contributed by atoms with Crippen LogP contribution in [0, 0.1) is 0 Å². The topological polar surface area (TPSA) is 78.4 Å². The van der Waals surface area contributed by atoms with Gasteiger partial charge in [-0.3, -0.25) is 9.69 Å². The summed E-state index contributed by atoms with van der Waals surface area (Å²) in [5.41, 5.74) is -0.155. The minimum absolute atomic E-state index is 0. The van der Waals surface area contributed by atoms with Gasteiger partial charge in [0.1, 0.15) is 6.54 Å². The van der Waals surface area contributed by atoms with E-state index in [4.69, 9.17) is 9.47 Å². The molecule has 2 heterocycles. The number of aliphatic imine (C=N–C) groups is 1. The molecule has 0 aromatic carbocycles. The fourth-order valence-electron chi connectivity index (χ4n) is 2.87. The second-order valence-electron chi connectivity index (χ2n) is 7.09. The Morgan fingerprint density at radius 3 is 2.58 bits per heavy atom. The van der Waals surface area contributed by atoms with Crippen LogP contribution >= 0.6 is 24.0 Å². The average Bonchev–Trinajstić information content (AvgIpc) is 3.04. The number of carbonyl (C=O) groups is 1. The van der Waals surface area contributed by atoms with Crippen molar-refractivity contribution in [3.8, 4) is 0 Å². The largest absolute Gasteiger partial charge is 0.379 e. The Bertz CT molecular complexity index is 450. The van der Waals surface area contributed by atoms with E-state index in [0.29, 0.717) is 12.5 Å². The number of rotatable bonds is 7. The molecular weight excluding hydrogens is 449 g/mol. The highest BCUT2D eigenvalue weighted by atomic mass is 127. The van der Waals surface area contributed by atoms with Gasteiger partial charge in [-0.15, -0.1) is 24.0 Å². The molecule has 2 saturated heterocycles. The standard InChI is InChI=1S/C17H33N5O3.HI/c1-17(5-4-10-25-17)14-20-16(19-13-15(23)21(2)3)18-6-7-22-8-11-24-12-9-22;/h4-14H2,1-3H3,(H2,18,19,20);1H. The Kier molecular flexibility index (Phi) is 10.7. The van der Waals surface area contributed by atoms with Crippen molar-refractivity contribution < 1.29 is 14.3 Å². The van der Waals surface area contributed by atoms with Crippen molar-refractivity contribution in [3.05, 3.63) is 0 Å². The molecular formula is C17H34IN5O3. The molecule has 1 unspecified atom stereocenters. The number of morpholine rings is 1. The van der Waals surface area contributed by atoms with Crippen LogP contribution in [-0.4, -0.2) is 100 Å². The van der Waals surface area contributed by atoms with Crippen LogP contribution in [0.5, 0.6) is 0 Å². The third-order valence-electron chi connectivity index (χ3n) is 4.63. The van der Waals surface area contributed by atoms with Crippen molar-refractivity contribution in [2.45, 2.75) is 25.4 Å². The van der Waals surface area contributed by atoms with Gasteiger partial charge in [-0.1, -0.05) is 0 Å². The number of guanidine groups is 1. The molecule has 2 aliphatic heterocycles. The van der Waals surface area contributed by atoms with E-state index in [-0.39, 0.29) is 42.0 Å². The van der Waals surface area contributed by atoms with E-state index in [0.717, 1.165) is 58.8 Å². The van der Waals surface area contributed by atoms with E-state index in [1.165, 1.54) is 0 Å². The molecule has 0 spiro atoms. The molecule has 9 heteroatoms. The first-order chi connectivity index (χ1) is 12.0. The number of amides is 1. The fraction of sp³-hybridized carbons (Fsp3) is 0.882. The summed E-state index contributed by atoms with van der Waals surface area (Å²) in [6.45, 7) is 8.98. The predicted molar refractivity (Wildman–Crippen MR) is 113 cm³/mol. The quantitative estimate of drug-likeness (QED) is 0.305. The van der Waals surface area contributed by atoms with Gasteiger partial charge >= 0.3 is 0 Å². The molecule has 8 nitrogen and oxygen atoms in total. The van der Waals surface area contributed by atoms with Crippen LogP contribution in [-0.2, 0) is 14.3 Å². The molecule has 26 heavy (non-hydrogen) atoms. The Balaban J connectivity index is 0.00000338. The highest BCUT2D eigenvalue weighted by Gasteiger charge is 2.29. The average molecular weight is 483 g/mol. The Hall–Kier alpha value is -0.650. The van der Waals surface area contributed by atoms with Crippen molar-refractivity contribution in [2.75, 3.05) is 73.2 Å². The highest BCUT2D eigenvalue weighted by molar-refractivity contribution is 14.0. The summed E-state index contributed by atoms with van der Waals surface area (Å²) >= 11 is 0. The molecule has 0 saturated carbocycles. The second kappa shape index (κ2) is 11.9. The monoisotopic (exact) mass is 483 g/mol. The third kappa shape index (κ3) is 8.36. The molecule has 0 radical (unpaired) electrons. The zero-order chi connectivity index (χ0) is 18.1. The molecule has 2 rings (SSSR count). The van der Waals surface area contributed by atoms with E-state index in [2.05, 4.69) is 27.4 Å². The number of halogens is 1. The van der Waals surface area contributed by atoms with Gasteiger partial charge in [0.2, 0.25) is 5.91 Å². The van der Waals surface area contributed by atoms with Crippen LogP contribution in [0.1, 0.15) is 19.8 Å². The number of ether oxygens (including phenoxy) is 2. The Morgan fingerprint density at radius 2 is 1.96 bits per heavy atom. The molecule has 152 valence electrons. The van der Waals surface area contributed by atoms with Crippen molar-refractivity contribution >= 4 is 35.8 Å². The maximum absolute atomic E-state index is 11.8. The van der Waals surface area contributed by atoms with Crippen LogP contribution in [0.2, 0.25) is 0 Å². The summed E-state index contributed by atoms with van der Waals surface area (Å²) in [5, 5.41) is 6.67. The summed E-state index contributed by atoms with van der Waals surface area (Å²) in [5.74, 6) is 0.651. The van der Waals surface area contributed by atoms with Crippen LogP contribution in [0.4, 0.5) is 0 Å². The van der Waals surface area contributed by atoms with Gasteiger partial charge in [-0.05, 0) is 19.8 Å². The lowest BCUT2D eigenvalue weighted by Crippen LogP contribution is -2.48. The number of nitrogens with zero attached hydrogens (tertiary/aromatic N) is 3. The molecule has 0 aromatic heterocycles. The number of nitrogens with one attached hydrogen (secondary N) is 2. The number of hydrogen-bond acceptors (Lipinski definition) is 5. The van der Waals surface area contributed by atoms with Crippen LogP contribution < -0.4 is 10.6 Å². The molecule has 0 aliphatic carbocycles. The number of likely N-dealkylation sites (N-methyl/N-ethyl adjacent to an activating group) is 1. The van der Waals surface area contributed by atoms with Gasteiger partial charge in [-0.2, -0.15) is 0 Å². The van der Waals surface area contributed by atoms with Gasteiger partial charge in [-0.25, -0.2) is 4.99 Å². The zero-order valence-electron chi connectivity index (χ0n) is 16.3. The maximum Gasteiger partial charge on any atom is 0.243 e. The van der Waals surface area contributed by atoms with E-state index in [9.17, 15) is 4.79 Å². The summed E-state index contributed by atoms with van der Waals surface area (Å²) in [7, 11) is 3.48. The highest BCUT2D eigenvalue weighted by Crippen LogP contribution is 2.23. The van der Waals surface area contributed by atoms with E-state index in [1.807, 2.05) is 0 Å². The summed E-state index contributed by atoms with van der Waals surface area (Å²) in [6, 6.07) is 0. The Labute approximate surface area is 174 Å². The molecule has 2 aliphatic rings. The molecule has 2 fully saturated rings. The molecule has 2 N–H and O–H groups in total. The lowest BCUT2D eigenvalue weighted by molar-refractivity contribution is -0.127. The molecule has 0 bridgehead atoms. The smallest absolute Gasteiger partial charge is 0.243 e. The Morgan fingerprint density at radius 1 is 1.23 bits per heavy atom. The maximum atomic E-state index is 11.8. The van der Waals surface area contributed by atoms with E-state index < -0.39 is 0 Å². The van der Waals surface area contributed by atoms with Gasteiger partial charge in [0.05, 0.1) is 18.8 Å². The van der Waals surface area contributed by atoms with Gasteiger partial charge < -0.3 is 25.0 Å². The molecule has 1 amide bonds. The van der Waals surface area contributed by atoms with Crippen molar-refractivity contribution in [2.24, 2.45) is 4.99 Å². The van der Waals surface area contributed by atoms with Crippen LogP contribution in [0.25, 0.3) is 0 Å². The first-order valence-corrected chi connectivity index (χ1v) is 9.15. The van der Waals surface area contributed by atoms with Crippen molar-refractivity contribution in [3.63, 3.8) is 0 Å². The fourth-order valence-corrected chi connectivity index (χ4v) is 2.87. The lowest BCUT2D eigenvalue weighted by atomic mass is 10.0. The zero-order valence-corrected chi connectivity index (χ0v) is 18.6. The van der Waals surface area contributed by atoms with Gasteiger partial charge in [0, 0.05) is 53.4 Å². The van der Waals surface area contributed by atoms with Gasteiger partial charge in [0.25, 0.3) is 0 Å². The van der Waals surface area contributed by atoms with Gasteiger partial charge in [0.15, 0.2) is 5.96 Å². The number of hydrogen-bond donors (Lipinski definition) is 2. The molecule has 0 aromatic rings. The first kappa shape index (κ1) is 23.4. The molecule has 1 atom stereocenters. The lowest BCUT2D eigenvalue weighted by Gasteiger charge is -2.27. The predicted octanol–water partition coefficient (Wildman–Crippen LogP) is 0.129. The summed E-state index contributed by atoms with van der Waals surface area (Å²) in [6.07, 6.45) is 2.13. The summed E-state index contributed by atoms with van der Waals surface area (Å²) in [4.78, 5) is 20.1. The second-order valence-corrected chi connectivity index (χ2v) is 7.09. The minimum atomic E-state index is -0.155. The normalized spacial score (nSPS) is 24.0. The first-order valence-electron chi connectivity index (χ1n) is 9.15. The minimum Gasteiger partial charge on any atom is -0.379 e. The van der Waals surface area contributed by atoms with Crippen LogP contribution in [0.3, 0.4) is 0 Å².